The number of halogens is 3. The summed E-state index contributed by atoms with van der Waals surface area (Å²) in [6.45, 7) is 3.80. The van der Waals surface area contributed by atoms with E-state index in [1.807, 2.05) is 13.8 Å². The third kappa shape index (κ3) is 4.51. The standard InChI is InChI=1S/C20H19F3N2O3/c1-12(2)11-27-17-8-7-15(9-16(17)20(21,22)23)19-24-18(25-28-19)14-5-3-13(10-26)4-6-14/h3-9,12,26H,10-11H2,1-2H3. The average molecular weight is 392 g/mol. The number of aliphatic hydroxyl groups is 1. The van der Waals surface area contributed by atoms with Crippen molar-refractivity contribution in [3.63, 3.8) is 0 Å². The number of rotatable bonds is 6. The smallest absolute Gasteiger partial charge is 0.419 e. The van der Waals surface area contributed by atoms with Crippen LogP contribution in [0.25, 0.3) is 22.8 Å². The van der Waals surface area contributed by atoms with Crippen LogP contribution in [0.5, 0.6) is 5.75 Å². The van der Waals surface area contributed by atoms with E-state index >= 15 is 0 Å². The van der Waals surface area contributed by atoms with Gasteiger partial charge in [-0.05, 0) is 29.7 Å². The van der Waals surface area contributed by atoms with Crippen LogP contribution in [-0.2, 0) is 12.8 Å². The molecular formula is C20H19F3N2O3. The molecule has 0 spiro atoms. The third-order valence-electron chi connectivity index (χ3n) is 3.92. The normalized spacial score (nSPS) is 11.8. The first kappa shape index (κ1) is 19.9. The summed E-state index contributed by atoms with van der Waals surface area (Å²) in [5.74, 6) is 0.0797. The van der Waals surface area contributed by atoms with Crippen molar-refractivity contribution >= 4 is 0 Å². The Kier molecular flexibility index (Phi) is 5.69. The van der Waals surface area contributed by atoms with E-state index in [9.17, 15) is 13.2 Å². The quantitative estimate of drug-likeness (QED) is 0.643. The van der Waals surface area contributed by atoms with Crippen LogP contribution in [0.15, 0.2) is 47.0 Å². The highest BCUT2D eigenvalue weighted by molar-refractivity contribution is 5.62. The topological polar surface area (TPSA) is 68.4 Å². The average Bonchev–Trinajstić information content (AvgIpc) is 3.15. The maximum absolute atomic E-state index is 13.4. The van der Waals surface area contributed by atoms with E-state index in [0.717, 1.165) is 11.6 Å². The summed E-state index contributed by atoms with van der Waals surface area (Å²) in [5, 5.41) is 12.9. The lowest BCUT2D eigenvalue weighted by atomic mass is 10.1. The summed E-state index contributed by atoms with van der Waals surface area (Å²) >= 11 is 0. The molecule has 0 unspecified atom stereocenters. The van der Waals surface area contributed by atoms with Crippen LogP contribution >= 0.6 is 0 Å². The van der Waals surface area contributed by atoms with Crippen molar-refractivity contribution in [3.8, 4) is 28.6 Å². The van der Waals surface area contributed by atoms with E-state index in [2.05, 4.69) is 10.1 Å². The predicted molar refractivity (Wildman–Crippen MR) is 96.4 cm³/mol. The number of nitrogens with zero attached hydrogens (tertiary/aromatic N) is 2. The Morgan fingerprint density at radius 1 is 1.07 bits per heavy atom. The van der Waals surface area contributed by atoms with Gasteiger partial charge in [0.2, 0.25) is 5.82 Å². The molecule has 0 radical (unpaired) electrons. The van der Waals surface area contributed by atoms with Gasteiger partial charge < -0.3 is 14.4 Å². The van der Waals surface area contributed by atoms with Gasteiger partial charge in [0.25, 0.3) is 5.89 Å². The Hall–Kier alpha value is -2.87. The minimum atomic E-state index is -4.58. The Morgan fingerprint density at radius 3 is 2.36 bits per heavy atom. The van der Waals surface area contributed by atoms with Crippen molar-refractivity contribution in [1.29, 1.82) is 0 Å². The van der Waals surface area contributed by atoms with Gasteiger partial charge in [-0.25, -0.2) is 0 Å². The van der Waals surface area contributed by atoms with E-state index in [-0.39, 0.29) is 42.2 Å². The van der Waals surface area contributed by atoms with Crippen molar-refractivity contribution in [2.24, 2.45) is 5.92 Å². The summed E-state index contributed by atoms with van der Waals surface area (Å²) in [6, 6.07) is 10.5. The van der Waals surface area contributed by atoms with E-state index in [1.165, 1.54) is 12.1 Å². The van der Waals surface area contributed by atoms with Crippen LogP contribution in [0.2, 0.25) is 0 Å². The number of aliphatic hydroxyl groups excluding tert-OH is 1. The van der Waals surface area contributed by atoms with E-state index in [1.54, 1.807) is 24.3 Å². The van der Waals surface area contributed by atoms with Gasteiger partial charge in [0.1, 0.15) is 5.75 Å². The van der Waals surface area contributed by atoms with Crippen molar-refractivity contribution in [3.05, 3.63) is 53.6 Å². The highest BCUT2D eigenvalue weighted by Gasteiger charge is 2.35. The maximum atomic E-state index is 13.4. The van der Waals surface area contributed by atoms with Gasteiger partial charge >= 0.3 is 6.18 Å². The zero-order chi connectivity index (χ0) is 20.3. The summed E-state index contributed by atoms with van der Waals surface area (Å²) < 4.78 is 50.8. The fourth-order valence-corrected chi connectivity index (χ4v) is 2.48. The lowest BCUT2D eigenvalue weighted by Crippen LogP contribution is -2.12. The second-order valence-electron chi connectivity index (χ2n) is 6.69. The molecule has 1 heterocycles. The summed E-state index contributed by atoms with van der Waals surface area (Å²) in [6.07, 6.45) is -4.58. The van der Waals surface area contributed by atoms with E-state index < -0.39 is 11.7 Å². The molecule has 3 rings (SSSR count). The maximum Gasteiger partial charge on any atom is 0.419 e. The molecule has 2 aromatic carbocycles. The molecule has 0 saturated carbocycles. The molecule has 5 nitrogen and oxygen atoms in total. The molecule has 8 heteroatoms. The summed E-state index contributed by atoms with van der Waals surface area (Å²) in [5.41, 5.74) is 0.604. The van der Waals surface area contributed by atoms with Crippen LogP contribution in [0.3, 0.4) is 0 Å². The molecule has 0 saturated heterocycles. The molecule has 1 aromatic heterocycles. The zero-order valence-electron chi connectivity index (χ0n) is 15.3. The van der Waals surface area contributed by atoms with Gasteiger partial charge in [0.15, 0.2) is 0 Å². The molecule has 0 atom stereocenters. The van der Waals surface area contributed by atoms with Crippen molar-refractivity contribution in [1.82, 2.24) is 10.1 Å². The molecule has 0 aliphatic rings. The predicted octanol–water partition coefficient (Wildman–Crippen LogP) is 4.95. The number of hydrogen-bond acceptors (Lipinski definition) is 5. The first-order chi connectivity index (χ1) is 13.3. The highest BCUT2D eigenvalue weighted by Crippen LogP contribution is 2.39. The Morgan fingerprint density at radius 2 is 1.75 bits per heavy atom. The monoisotopic (exact) mass is 392 g/mol. The lowest BCUT2D eigenvalue weighted by molar-refractivity contribution is -0.139. The first-order valence-electron chi connectivity index (χ1n) is 8.66. The molecule has 0 bridgehead atoms. The van der Waals surface area contributed by atoms with Crippen molar-refractivity contribution in [2.45, 2.75) is 26.6 Å². The van der Waals surface area contributed by atoms with Crippen molar-refractivity contribution in [2.75, 3.05) is 6.61 Å². The Labute approximate surface area is 159 Å². The molecule has 28 heavy (non-hydrogen) atoms. The second kappa shape index (κ2) is 8.02. The fraction of sp³-hybridized carbons (Fsp3) is 0.300. The molecule has 148 valence electrons. The van der Waals surface area contributed by atoms with Crippen molar-refractivity contribution < 1.29 is 27.5 Å². The van der Waals surface area contributed by atoms with Gasteiger partial charge in [-0.1, -0.05) is 43.3 Å². The number of ether oxygens (including phenoxy) is 1. The number of aromatic nitrogens is 2. The van der Waals surface area contributed by atoms with E-state index in [0.29, 0.717) is 5.56 Å². The van der Waals surface area contributed by atoms with Crippen LogP contribution in [-0.4, -0.2) is 21.9 Å². The van der Waals surface area contributed by atoms with Gasteiger partial charge in [-0.15, -0.1) is 0 Å². The Bertz CT molecular complexity index is 935. The molecular weight excluding hydrogens is 373 g/mol. The molecule has 0 aliphatic heterocycles. The SMILES string of the molecule is CC(C)COc1ccc(-c2nc(-c3ccc(CO)cc3)no2)cc1C(F)(F)F. The van der Waals surface area contributed by atoms with Crippen LogP contribution < -0.4 is 4.74 Å². The first-order valence-corrected chi connectivity index (χ1v) is 8.66. The van der Waals surface area contributed by atoms with E-state index in [4.69, 9.17) is 14.4 Å². The van der Waals surface area contributed by atoms with Crippen LogP contribution in [0.1, 0.15) is 25.0 Å². The number of benzene rings is 2. The fourth-order valence-electron chi connectivity index (χ4n) is 2.48. The molecule has 0 fully saturated rings. The second-order valence-corrected chi connectivity index (χ2v) is 6.69. The number of hydrogen-bond donors (Lipinski definition) is 1. The molecule has 0 aliphatic carbocycles. The largest absolute Gasteiger partial charge is 0.493 e. The van der Waals surface area contributed by atoms with Gasteiger partial charge in [-0.3, -0.25) is 0 Å². The van der Waals surface area contributed by atoms with Crippen LogP contribution in [0.4, 0.5) is 13.2 Å². The minimum absolute atomic E-state index is 0.0258. The highest BCUT2D eigenvalue weighted by atomic mass is 19.4. The molecule has 1 N–H and O–H groups in total. The molecule has 3 aromatic rings. The third-order valence-corrected chi connectivity index (χ3v) is 3.92. The minimum Gasteiger partial charge on any atom is -0.493 e. The van der Waals surface area contributed by atoms with Crippen LogP contribution in [0, 0.1) is 5.92 Å². The lowest BCUT2D eigenvalue weighted by Gasteiger charge is -2.15. The van der Waals surface area contributed by atoms with Gasteiger partial charge in [0, 0.05) is 11.1 Å². The summed E-state index contributed by atoms with van der Waals surface area (Å²) in [7, 11) is 0. The van der Waals surface area contributed by atoms with Gasteiger partial charge in [-0.2, -0.15) is 18.2 Å². The zero-order valence-corrected chi connectivity index (χ0v) is 15.3. The Balaban J connectivity index is 1.92. The van der Waals surface area contributed by atoms with Gasteiger partial charge in [0.05, 0.1) is 18.8 Å². The molecule has 0 amide bonds. The summed E-state index contributed by atoms with van der Waals surface area (Å²) in [4.78, 5) is 4.18. The number of alkyl halides is 3.